The molecule has 0 N–H and O–H groups in total. The Kier molecular flexibility index (Phi) is 9.65. The Morgan fingerprint density at radius 1 is 0.870 bits per heavy atom. The molecule has 0 spiro atoms. The molecule has 23 heavy (non-hydrogen) atoms. The lowest BCUT2D eigenvalue weighted by atomic mass is 9.90. The van der Waals surface area contributed by atoms with Crippen LogP contribution in [0.1, 0.15) is 77.6 Å². The van der Waals surface area contributed by atoms with Gasteiger partial charge < -0.3 is 9.47 Å². The molecule has 4 nitrogen and oxygen atoms in total. The number of ether oxygens (including phenoxy) is 2. The Morgan fingerprint density at radius 2 is 1.43 bits per heavy atom. The van der Waals surface area contributed by atoms with Crippen LogP contribution in [0.5, 0.6) is 0 Å². The van der Waals surface area contributed by atoms with Gasteiger partial charge in [0.05, 0.1) is 19.8 Å². The van der Waals surface area contributed by atoms with Crippen LogP contribution in [0.25, 0.3) is 0 Å². The number of carbonyl (C=O) groups is 2. The number of unbranched alkanes of at least 4 members (excludes halogenated alkanes) is 5. The summed E-state index contributed by atoms with van der Waals surface area (Å²) >= 11 is 0. The van der Waals surface area contributed by atoms with Gasteiger partial charge in [-0.25, -0.2) is 9.59 Å². The summed E-state index contributed by atoms with van der Waals surface area (Å²) in [5.41, 5.74) is 1.12. The lowest BCUT2D eigenvalue weighted by molar-refractivity contribution is -0.140. The van der Waals surface area contributed by atoms with Crippen LogP contribution in [0, 0.1) is 5.92 Å². The number of hydrogen-bond donors (Lipinski definition) is 0. The van der Waals surface area contributed by atoms with Gasteiger partial charge in [0.25, 0.3) is 0 Å². The summed E-state index contributed by atoms with van der Waals surface area (Å²) in [6.07, 6.45) is 11.6. The highest BCUT2D eigenvalue weighted by atomic mass is 16.5. The standard InChI is InChI=1S/C19H32O4/c1-4-5-6-7-8-9-14-16(18(20)22-2)17(19(21)23-3)15-12-10-11-13-15/h15H,4-14H2,1-3H3. The van der Waals surface area contributed by atoms with Gasteiger partial charge in [0, 0.05) is 5.57 Å². The Hall–Kier alpha value is -1.32. The molecule has 132 valence electrons. The first-order chi connectivity index (χ1) is 11.2. The fourth-order valence-electron chi connectivity index (χ4n) is 3.41. The first-order valence-electron chi connectivity index (χ1n) is 9.05. The van der Waals surface area contributed by atoms with Crippen LogP contribution in [0.15, 0.2) is 11.1 Å². The highest BCUT2D eigenvalue weighted by Crippen LogP contribution is 2.35. The highest BCUT2D eigenvalue weighted by Gasteiger charge is 2.30. The SMILES string of the molecule is CCCCCCCCC(C(=O)OC)=C(C(=O)OC)C1CCCC1. The predicted octanol–water partition coefficient (Wildman–Crippen LogP) is 4.57. The Bertz CT molecular complexity index is 406. The largest absolute Gasteiger partial charge is 0.466 e. The van der Waals surface area contributed by atoms with E-state index in [4.69, 9.17) is 9.47 Å². The Labute approximate surface area is 140 Å². The van der Waals surface area contributed by atoms with Crippen molar-refractivity contribution >= 4 is 11.9 Å². The van der Waals surface area contributed by atoms with Crippen LogP contribution in [-0.2, 0) is 19.1 Å². The molecular formula is C19H32O4. The van der Waals surface area contributed by atoms with Gasteiger partial charge in [-0.05, 0) is 31.6 Å². The van der Waals surface area contributed by atoms with E-state index in [1.165, 1.54) is 39.9 Å². The predicted molar refractivity (Wildman–Crippen MR) is 91.0 cm³/mol. The molecule has 1 saturated carbocycles. The van der Waals surface area contributed by atoms with Crippen LogP contribution in [0.2, 0.25) is 0 Å². The van der Waals surface area contributed by atoms with Gasteiger partial charge in [-0.3, -0.25) is 0 Å². The average molecular weight is 324 g/mol. The Balaban J connectivity index is 2.81. The van der Waals surface area contributed by atoms with E-state index in [2.05, 4.69) is 6.92 Å². The highest BCUT2D eigenvalue weighted by molar-refractivity contribution is 6.00. The topological polar surface area (TPSA) is 52.6 Å². The van der Waals surface area contributed by atoms with Gasteiger partial charge in [0.2, 0.25) is 0 Å². The summed E-state index contributed by atoms with van der Waals surface area (Å²) in [5.74, 6) is -0.578. The summed E-state index contributed by atoms with van der Waals surface area (Å²) in [4.78, 5) is 24.5. The normalized spacial score (nSPS) is 16.1. The van der Waals surface area contributed by atoms with Gasteiger partial charge in [0.15, 0.2) is 0 Å². The zero-order valence-electron chi connectivity index (χ0n) is 15.0. The van der Waals surface area contributed by atoms with E-state index in [0.717, 1.165) is 38.5 Å². The third kappa shape index (κ3) is 6.36. The molecule has 1 fully saturated rings. The first kappa shape index (κ1) is 19.7. The van der Waals surface area contributed by atoms with Gasteiger partial charge in [-0.1, -0.05) is 51.9 Å². The van der Waals surface area contributed by atoms with Crippen LogP contribution >= 0.6 is 0 Å². The number of esters is 2. The second kappa shape index (κ2) is 11.3. The third-order valence-electron chi connectivity index (χ3n) is 4.71. The van der Waals surface area contributed by atoms with E-state index in [0.29, 0.717) is 17.6 Å². The minimum Gasteiger partial charge on any atom is -0.466 e. The van der Waals surface area contributed by atoms with Gasteiger partial charge in [0.1, 0.15) is 0 Å². The molecule has 0 atom stereocenters. The summed E-state index contributed by atoms with van der Waals surface area (Å²) in [7, 11) is 2.77. The average Bonchev–Trinajstić information content (AvgIpc) is 3.09. The van der Waals surface area contributed by atoms with Crippen molar-refractivity contribution < 1.29 is 19.1 Å². The molecule has 1 aliphatic carbocycles. The van der Waals surface area contributed by atoms with E-state index >= 15 is 0 Å². The van der Waals surface area contributed by atoms with E-state index in [1.54, 1.807) is 0 Å². The molecule has 0 aromatic rings. The smallest absolute Gasteiger partial charge is 0.334 e. The number of rotatable bonds is 10. The van der Waals surface area contributed by atoms with Crippen molar-refractivity contribution in [1.82, 2.24) is 0 Å². The monoisotopic (exact) mass is 324 g/mol. The van der Waals surface area contributed by atoms with Crippen LogP contribution < -0.4 is 0 Å². The minimum absolute atomic E-state index is 0.150. The fraction of sp³-hybridized carbons (Fsp3) is 0.789. The van der Waals surface area contributed by atoms with Crippen molar-refractivity contribution in [2.45, 2.75) is 77.6 Å². The molecule has 0 bridgehead atoms. The van der Waals surface area contributed by atoms with Crippen molar-refractivity contribution in [3.8, 4) is 0 Å². The summed E-state index contributed by atoms with van der Waals surface area (Å²) < 4.78 is 9.89. The summed E-state index contributed by atoms with van der Waals surface area (Å²) in [5, 5.41) is 0. The number of methoxy groups -OCH3 is 2. The van der Waals surface area contributed by atoms with Crippen molar-refractivity contribution in [3.63, 3.8) is 0 Å². The van der Waals surface area contributed by atoms with Crippen molar-refractivity contribution in [2.24, 2.45) is 5.92 Å². The molecule has 0 aromatic heterocycles. The zero-order chi connectivity index (χ0) is 17.1. The second-order valence-electron chi connectivity index (χ2n) is 6.37. The van der Waals surface area contributed by atoms with Crippen LogP contribution in [0.4, 0.5) is 0 Å². The van der Waals surface area contributed by atoms with Gasteiger partial charge in [-0.2, -0.15) is 0 Å². The lowest BCUT2D eigenvalue weighted by Gasteiger charge is -2.17. The molecule has 0 aliphatic heterocycles. The van der Waals surface area contributed by atoms with Crippen LogP contribution in [0.3, 0.4) is 0 Å². The quantitative estimate of drug-likeness (QED) is 0.335. The van der Waals surface area contributed by atoms with E-state index in [-0.39, 0.29) is 17.9 Å². The summed E-state index contributed by atoms with van der Waals surface area (Å²) in [6, 6.07) is 0. The zero-order valence-corrected chi connectivity index (χ0v) is 15.0. The fourth-order valence-corrected chi connectivity index (χ4v) is 3.41. The molecule has 0 radical (unpaired) electrons. The summed E-state index contributed by atoms with van der Waals surface area (Å²) in [6.45, 7) is 2.20. The van der Waals surface area contributed by atoms with Crippen molar-refractivity contribution in [2.75, 3.05) is 14.2 Å². The molecule has 4 heteroatoms. The van der Waals surface area contributed by atoms with Gasteiger partial charge >= 0.3 is 11.9 Å². The molecular weight excluding hydrogens is 292 g/mol. The van der Waals surface area contributed by atoms with E-state index < -0.39 is 0 Å². The molecule has 1 rings (SSSR count). The molecule has 0 heterocycles. The molecule has 0 aromatic carbocycles. The minimum atomic E-state index is -0.370. The first-order valence-corrected chi connectivity index (χ1v) is 9.05. The molecule has 0 unspecified atom stereocenters. The molecule has 1 aliphatic rings. The Morgan fingerprint density at radius 3 is 2.00 bits per heavy atom. The van der Waals surface area contributed by atoms with Crippen molar-refractivity contribution in [1.29, 1.82) is 0 Å². The van der Waals surface area contributed by atoms with Crippen molar-refractivity contribution in [3.05, 3.63) is 11.1 Å². The molecule has 0 amide bonds. The second-order valence-corrected chi connectivity index (χ2v) is 6.37. The molecule has 0 saturated heterocycles. The number of carbonyl (C=O) groups excluding carboxylic acids is 2. The maximum Gasteiger partial charge on any atom is 0.334 e. The van der Waals surface area contributed by atoms with Crippen LogP contribution in [-0.4, -0.2) is 26.2 Å². The third-order valence-corrected chi connectivity index (χ3v) is 4.71. The van der Waals surface area contributed by atoms with Gasteiger partial charge in [-0.15, -0.1) is 0 Å². The van der Waals surface area contributed by atoms with E-state index in [1.807, 2.05) is 0 Å². The maximum atomic E-state index is 12.2. The lowest BCUT2D eigenvalue weighted by Crippen LogP contribution is -2.20. The number of hydrogen-bond acceptors (Lipinski definition) is 4. The maximum absolute atomic E-state index is 12.2. The van der Waals surface area contributed by atoms with E-state index in [9.17, 15) is 9.59 Å².